The van der Waals surface area contributed by atoms with E-state index in [-0.39, 0.29) is 23.5 Å². The van der Waals surface area contributed by atoms with Crippen molar-refractivity contribution in [1.82, 2.24) is 4.90 Å². The molecule has 0 saturated carbocycles. The molecule has 1 unspecified atom stereocenters. The average Bonchev–Trinajstić information content (AvgIpc) is 3.09. The van der Waals surface area contributed by atoms with Gasteiger partial charge in [-0.1, -0.05) is 48.5 Å². The van der Waals surface area contributed by atoms with E-state index in [9.17, 15) is 13.2 Å². The Morgan fingerprint density at radius 3 is 2.66 bits per heavy atom. The Bertz CT molecular complexity index is 983. The highest BCUT2D eigenvalue weighted by molar-refractivity contribution is 7.91. The second kappa shape index (κ2) is 9.56. The average molecular weight is 412 g/mol. The van der Waals surface area contributed by atoms with E-state index < -0.39 is 9.84 Å². The molecule has 0 bridgehead atoms. The van der Waals surface area contributed by atoms with Crippen molar-refractivity contribution in [1.29, 1.82) is 0 Å². The Morgan fingerprint density at radius 1 is 1.17 bits per heavy atom. The van der Waals surface area contributed by atoms with Crippen LogP contribution in [-0.2, 0) is 21.2 Å². The molecular weight excluding hydrogens is 386 g/mol. The summed E-state index contributed by atoms with van der Waals surface area (Å²) in [6.45, 7) is 4.47. The quantitative estimate of drug-likeness (QED) is 0.493. The van der Waals surface area contributed by atoms with Gasteiger partial charge in [0.2, 0.25) is 5.91 Å². The molecule has 1 fully saturated rings. The summed E-state index contributed by atoms with van der Waals surface area (Å²) < 4.78 is 29.3. The zero-order valence-corrected chi connectivity index (χ0v) is 17.1. The number of benzene rings is 2. The topological polar surface area (TPSA) is 63.7 Å². The van der Waals surface area contributed by atoms with Crippen molar-refractivity contribution in [3.8, 4) is 5.75 Å². The standard InChI is InChI=1S/C23H25NO4S/c1-2-14-24(21-13-15-29(26,27)18-21)23(25)12-11-19-9-6-10-22(16-19)28-17-20-7-4-3-5-8-20/h2-12,16,21H,1,13-15,17-18H2. The summed E-state index contributed by atoms with van der Waals surface area (Å²) in [5, 5.41) is 0. The Kier molecular flexibility index (Phi) is 6.88. The lowest BCUT2D eigenvalue weighted by atomic mass is 10.1. The zero-order valence-electron chi connectivity index (χ0n) is 16.2. The third kappa shape index (κ3) is 6.06. The molecule has 0 N–H and O–H groups in total. The summed E-state index contributed by atoms with van der Waals surface area (Å²) in [5.41, 5.74) is 1.91. The van der Waals surface area contributed by atoms with Gasteiger partial charge in [0.25, 0.3) is 0 Å². The second-order valence-corrected chi connectivity index (χ2v) is 9.24. The molecule has 152 valence electrons. The number of carbonyl (C=O) groups is 1. The minimum Gasteiger partial charge on any atom is -0.489 e. The van der Waals surface area contributed by atoms with Crippen molar-refractivity contribution >= 4 is 21.8 Å². The Balaban J connectivity index is 1.64. The van der Waals surface area contributed by atoms with Crippen molar-refractivity contribution in [3.63, 3.8) is 0 Å². The van der Waals surface area contributed by atoms with Gasteiger partial charge in [-0.3, -0.25) is 4.79 Å². The lowest BCUT2D eigenvalue weighted by molar-refractivity contribution is -0.127. The Labute approximate surface area is 172 Å². The highest BCUT2D eigenvalue weighted by Gasteiger charge is 2.33. The monoisotopic (exact) mass is 411 g/mol. The van der Waals surface area contributed by atoms with E-state index in [0.717, 1.165) is 11.1 Å². The van der Waals surface area contributed by atoms with Gasteiger partial charge in [-0.05, 0) is 35.8 Å². The number of ether oxygens (including phenoxy) is 1. The van der Waals surface area contributed by atoms with Crippen LogP contribution in [0.4, 0.5) is 0 Å². The maximum absolute atomic E-state index is 12.7. The molecule has 1 heterocycles. The number of rotatable bonds is 8. The minimum absolute atomic E-state index is 0.0171. The third-order valence-corrected chi connectivity index (χ3v) is 6.53. The molecule has 1 saturated heterocycles. The fourth-order valence-electron chi connectivity index (χ4n) is 3.29. The number of carbonyl (C=O) groups excluding carboxylic acids is 1. The first-order valence-electron chi connectivity index (χ1n) is 9.53. The molecule has 6 heteroatoms. The predicted molar refractivity (Wildman–Crippen MR) is 115 cm³/mol. The maximum atomic E-state index is 12.7. The maximum Gasteiger partial charge on any atom is 0.247 e. The van der Waals surface area contributed by atoms with E-state index in [4.69, 9.17) is 4.74 Å². The van der Waals surface area contributed by atoms with Gasteiger partial charge < -0.3 is 9.64 Å². The molecular formula is C23H25NO4S. The molecule has 3 rings (SSSR count). The van der Waals surface area contributed by atoms with Gasteiger partial charge in [-0.15, -0.1) is 6.58 Å². The third-order valence-electron chi connectivity index (χ3n) is 4.78. The van der Waals surface area contributed by atoms with Crippen molar-refractivity contribution in [3.05, 3.63) is 84.5 Å². The van der Waals surface area contributed by atoms with E-state index in [0.29, 0.717) is 25.3 Å². The molecule has 2 aromatic carbocycles. The van der Waals surface area contributed by atoms with Gasteiger partial charge in [0.15, 0.2) is 9.84 Å². The number of sulfone groups is 1. The SMILES string of the molecule is C=CCN(C(=O)C=Cc1cccc(OCc2ccccc2)c1)C1CCS(=O)(=O)C1. The van der Waals surface area contributed by atoms with Crippen LogP contribution in [-0.4, -0.2) is 43.3 Å². The summed E-state index contributed by atoms with van der Waals surface area (Å²) in [5.74, 6) is 0.641. The van der Waals surface area contributed by atoms with Crippen molar-refractivity contribution in [2.24, 2.45) is 0 Å². The number of hydrogen-bond acceptors (Lipinski definition) is 4. The van der Waals surface area contributed by atoms with Gasteiger partial charge in [0.05, 0.1) is 11.5 Å². The fraction of sp³-hybridized carbons (Fsp3) is 0.261. The van der Waals surface area contributed by atoms with E-state index >= 15 is 0 Å². The first-order chi connectivity index (χ1) is 14.0. The number of hydrogen-bond donors (Lipinski definition) is 0. The van der Waals surface area contributed by atoms with Crippen molar-refractivity contribution in [2.45, 2.75) is 19.1 Å². The smallest absolute Gasteiger partial charge is 0.247 e. The number of amides is 1. The van der Waals surface area contributed by atoms with Crippen LogP contribution in [0.3, 0.4) is 0 Å². The molecule has 1 aliphatic heterocycles. The summed E-state index contributed by atoms with van der Waals surface area (Å²) in [4.78, 5) is 14.2. The second-order valence-electron chi connectivity index (χ2n) is 7.02. The molecule has 1 aliphatic rings. The van der Waals surface area contributed by atoms with Crippen molar-refractivity contribution < 1.29 is 17.9 Å². The largest absolute Gasteiger partial charge is 0.489 e. The number of nitrogens with zero attached hydrogens (tertiary/aromatic N) is 1. The van der Waals surface area contributed by atoms with Gasteiger partial charge in [-0.2, -0.15) is 0 Å². The predicted octanol–water partition coefficient (Wildman–Crippen LogP) is 3.48. The van der Waals surface area contributed by atoms with Crippen LogP contribution in [0, 0.1) is 0 Å². The van der Waals surface area contributed by atoms with Gasteiger partial charge in [0.1, 0.15) is 12.4 Å². The van der Waals surface area contributed by atoms with Crippen LogP contribution in [0.2, 0.25) is 0 Å². The Morgan fingerprint density at radius 2 is 1.97 bits per heavy atom. The van der Waals surface area contributed by atoms with E-state index in [1.807, 2.05) is 54.6 Å². The molecule has 1 atom stereocenters. The van der Waals surface area contributed by atoms with Gasteiger partial charge in [0, 0.05) is 18.7 Å². The zero-order chi connectivity index (χ0) is 20.7. The van der Waals surface area contributed by atoms with Crippen LogP contribution >= 0.6 is 0 Å². The first-order valence-corrected chi connectivity index (χ1v) is 11.4. The highest BCUT2D eigenvalue weighted by atomic mass is 32.2. The molecule has 0 radical (unpaired) electrons. The summed E-state index contributed by atoms with van der Waals surface area (Å²) in [7, 11) is -3.06. The highest BCUT2D eigenvalue weighted by Crippen LogP contribution is 2.19. The minimum atomic E-state index is -3.06. The van der Waals surface area contributed by atoms with Crippen LogP contribution in [0.5, 0.6) is 5.75 Å². The lowest BCUT2D eigenvalue weighted by Gasteiger charge is -2.25. The Hall–Kier alpha value is -2.86. The van der Waals surface area contributed by atoms with E-state index in [1.165, 1.54) is 6.08 Å². The lowest BCUT2D eigenvalue weighted by Crippen LogP contribution is -2.40. The van der Waals surface area contributed by atoms with Gasteiger partial charge >= 0.3 is 0 Å². The summed E-state index contributed by atoms with van der Waals surface area (Å²) >= 11 is 0. The molecule has 1 amide bonds. The molecule has 0 aromatic heterocycles. The summed E-state index contributed by atoms with van der Waals surface area (Å²) in [6, 6.07) is 17.1. The van der Waals surface area contributed by atoms with E-state index in [2.05, 4.69) is 6.58 Å². The van der Waals surface area contributed by atoms with Gasteiger partial charge in [-0.25, -0.2) is 8.42 Å². The first kappa shape index (κ1) is 20.9. The van der Waals surface area contributed by atoms with Crippen LogP contribution in [0.15, 0.2) is 73.3 Å². The van der Waals surface area contributed by atoms with E-state index in [1.54, 1.807) is 17.1 Å². The molecule has 0 spiro atoms. The van der Waals surface area contributed by atoms with Crippen LogP contribution in [0.1, 0.15) is 17.5 Å². The molecule has 2 aromatic rings. The van der Waals surface area contributed by atoms with Crippen molar-refractivity contribution in [2.75, 3.05) is 18.1 Å². The molecule has 0 aliphatic carbocycles. The molecule has 29 heavy (non-hydrogen) atoms. The van der Waals surface area contributed by atoms with Crippen LogP contribution < -0.4 is 4.74 Å². The fourth-order valence-corrected chi connectivity index (χ4v) is 5.02. The summed E-state index contributed by atoms with van der Waals surface area (Å²) in [6.07, 6.45) is 5.29. The normalized spacial score (nSPS) is 17.9. The van der Waals surface area contributed by atoms with Crippen LogP contribution in [0.25, 0.3) is 6.08 Å². The molecule has 5 nitrogen and oxygen atoms in total.